The first-order valence-electron chi connectivity index (χ1n) is 12.4. The monoisotopic (exact) mass is 403 g/mol. The zero-order chi connectivity index (χ0) is 20.3. The van der Waals surface area contributed by atoms with Crippen LogP contribution in [-0.2, 0) is 4.79 Å². The van der Waals surface area contributed by atoms with E-state index in [0.29, 0.717) is 11.9 Å². The lowest BCUT2D eigenvalue weighted by Crippen LogP contribution is -2.51. The first-order chi connectivity index (χ1) is 14.1. The number of hydrogen-bond acceptors (Lipinski definition) is 4. The number of guanidine groups is 1. The van der Waals surface area contributed by atoms with Gasteiger partial charge in [-0.1, -0.05) is 64.2 Å². The third kappa shape index (κ3) is 4.81. The second-order valence-electron chi connectivity index (χ2n) is 10.4. The van der Waals surface area contributed by atoms with Crippen LogP contribution in [0.3, 0.4) is 0 Å². The number of aliphatic hydroxyl groups excluding tert-OH is 1. The molecule has 5 heteroatoms. The van der Waals surface area contributed by atoms with Crippen molar-refractivity contribution in [3.05, 3.63) is 0 Å². The number of rotatable bonds is 6. The summed E-state index contributed by atoms with van der Waals surface area (Å²) in [6, 6.07) is 0.123. The van der Waals surface area contributed by atoms with Crippen LogP contribution in [0.25, 0.3) is 0 Å². The van der Waals surface area contributed by atoms with Crippen LogP contribution in [0.15, 0.2) is 4.99 Å². The molecule has 164 valence electrons. The van der Waals surface area contributed by atoms with Gasteiger partial charge in [0, 0.05) is 6.04 Å². The molecular weight excluding hydrogens is 362 g/mol. The number of aliphatic hydroxyl groups is 1. The van der Waals surface area contributed by atoms with E-state index in [1.54, 1.807) is 0 Å². The van der Waals surface area contributed by atoms with Crippen molar-refractivity contribution in [1.29, 1.82) is 0 Å². The number of carbonyl (C=O) groups is 1. The van der Waals surface area contributed by atoms with Crippen LogP contribution in [-0.4, -0.2) is 39.6 Å². The van der Waals surface area contributed by atoms with Crippen molar-refractivity contribution in [3.63, 3.8) is 0 Å². The molecule has 0 bridgehead atoms. The van der Waals surface area contributed by atoms with E-state index in [1.165, 1.54) is 64.2 Å². The quantitative estimate of drug-likeness (QED) is 0.684. The summed E-state index contributed by atoms with van der Waals surface area (Å²) < 4.78 is 0. The zero-order valence-corrected chi connectivity index (χ0v) is 18.2. The van der Waals surface area contributed by atoms with Gasteiger partial charge >= 0.3 is 0 Å². The predicted molar refractivity (Wildman–Crippen MR) is 116 cm³/mol. The maximum Gasteiger partial charge on any atom is 0.257 e. The molecule has 0 aromatic carbocycles. The standard InChI is InChI=1S/C24H41N3O2/c25-23-26-24(17-19-9-5-2-6-10-19,16-15-18-7-3-1-4-8-18)22(29)27(23)20-11-13-21(28)14-12-20/h18-21,28H,1-17H2,(H2,25,26)/t20?,21?,24-/m1/s1. The summed E-state index contributed by atoms with van der Waals surface area (Å²) in [6.07, 6.45) is 19.0. The average Bonchev–Trinajstić information content (AvgIpc) is 2.98. The van der Waals surface area contributed by atoms with E-state index in [2.05, 4.69) is 0 Å². The second-order valence-corrected chi connectivity index (χ2v) is 10.4. The Morgan fingerprint density at radius 1 is 0.897 bits per heavy atom. The van der Waals surface area contributed by atoms with Gasteiger partial charge in [0.05, 0.1) is 6.10 Å². The Hall–Kier alpha value is -1.10. The molecule has 29 heavy (non-hydrogen) atoms. The highest BCUT2D eigenvalue weighted by molar-refractivity contribution is 6.07. The van der Waals surface area contributed by atoms with Crippen molar-refractivity contribution in [3.8, 4) is 0 Å². The lowest BCUT2D eigenvalue weighted by atomic mass is 9.75. The van der Waals surface area contributed by atoms with Gasteiger partial charge in [0.2, 0.25) is 0 Å². The van der Waals surface area contributed by atoms with E-state index >= 15 is 0 Å². The van der Waals surface area contributed by atoms with Crippen LogP contribution in [0, 0.1) is 11.8 Å². The molecule has 0 spiro atoms. The van der Waals surface area contributed by atoms with Gasteiger partial charge in [-0.25, -0.2) is 4.99 Å². The number of aliphatic imine (C=N–C) groups is 1. The van der Waals surface area contributed by atoms with Gasteiger partial charge < -0.3 is 10.8 Å². The van der Waals surface area contributed by atoms with Crippen molar-refractivity contribution in [1.82, 2.24) is 4.90 Å². The molecule has 1 amide bonds. The summed E-state index contributed by atoms with van der Waals surface area (Å²) in [5.74, 6) is 2.01. The summed E-state index contributed by atoms with van der Waals surface area (Å²) in [6.45, 7) is 0. The van der Waals surface area contributed by atoms with Gasteiger partial charge in [-0.05, 0) is 56.8 Å². The van der Waals surface area contributed by atoms with Crippen LogP contribution < -0.4 is 5.73 Å². The number of nitrogens with zero attached hydrogens (tertiary/aromatic N) is 2. The smallest absolute Gasteiger partial charge is 0.257 e. The largest absolute Gasteiger partial charge is 0.393 e. The molecule has 0 unspecified atom stereocenters. The maximum absolute atomic E-state index is 13.8. The van der Waals surface area contributed by atoms with Crippen molar-refractivity contribution in [2.24, 2.45) is 22.6 Å². The fourth-order valence-corrected chi connectivity index (χ4v) is 6.50. The van der Waals surface area contributed by atoms with Crippen molar-refractivity contribution in [2.75, 3.05) is 0 Å². The number of nitrogens with two attached hydrogens (primary N) is 1. The number of hydrogen-bond donors (Lipinski definition) is 2. The first-order valence-corrected chi connectivity index (χ1v) is 12.4. The maximum atomic E-state index is 13.8. The Labute approximate surface area is 176 Å². The van der Waals surface area contributed by atoms with Gasteiger partial charge in [-0.15, -0.1) is 0 Å². The first kappa shape index (κ1) is 21.1. The molecule has 3 saturated carbocycles. The molecule has 3 fully saturated rings. The molecule has 1 heterocycles. The van der Waals surface area contributed by atoms with Gasteiger partial charge in [0.15, 0.2) is 5.96 Å². The molecule has 0 aromatic heterocycles. The Bertz CT molecular complexity index is 587. The SMILES string of the molecule is NC1=N[C@](CCC2CCCCC2)(CC2CCCCC2)C(=O)N1C1CCC(O)CC1. The third-order valence-electron chi connectivity index (χ3n) is 8.27. The van der Waals surface area contributed by atoms with Crippen molar-refractivity contribution >= 4 is 11.9 Å². The van der Waals surface area contributed by atoms with Gasteiger partial charge in [-0.2, -0.15) is 0 Å². The normalized spacial score (nSPS) is 35.1. The highest BCUT2D eigenvalue weighted by Crippen LogP contribution is 2.42. The highest BCUT2D eigenvalue weighted by atomic mass is 16.3. The molecule has 5 nitrogen and oxygen atoms in total. The Morgan fingerprint density at radius 3 is 2.10 bits per heavy atom. The molecule has 3 aliphatic carbocycles. The average molecular weight is 404 g/mol. The van der Waals surface area contributed by atoms with Gasteiger partial charge in [-0.3, -0.25) is 9.69 Å². The Morgan fingerprint density at radius 2 is 1.48 bits per heavy atom. The molecule has 0 radical (unpaired) electrons. The highest BCUT2D eigenvalue weighted by Gasteiger charge is 2.50. The van der Waals surface area contributed by atoms with E-state index in [4.69, 9.17) is 10.7 Å². The van der Waals surface area contributed by atoms with E-state index in [9.17, 15) is 9.90 Å². The van der Waals surface area contributed by atoms with E-state index in [0.717, 1.165) is 50.9 Å². The number of carbonyl (C=O) groups excluding carboxylic acids is 1. The minimum Gasteiger partial charge on any atom is -0.393 e. The minimum atomic E-state index is -0.612. The van der Waals surface area contributed by atoms with Crippen LogP contribution in [0.2, 0.25) is 0 Å². The van der Waals surface area contributed by atoms with Crippen molar-refractivity contribution in [2.45, 2.75) is 127 Å². The van der Waals surface area contributed by atoms with Gasteiger partial charge in [0.1, 0.15) is 5.54 Å². The molecule has 0 aromatic rings. The topological polar surface area (TPSA) is 78.9 Å². The van der Waals surface area contributed by atoms with Crippen molar-refractivity contribution < 1.29 is 9.90 Å². The minimum absolute atomic E-state index is 0.123. The van der Waals surface area contributed by atoms with E-state index < -0.39 is 5.54 Å². The molecule has 4 aliphatic rings. The van der Waals surface area contributed by atoms with Crippen LogP contribution in [0.4, 0.5) is 0 Å². The summed E-state index contributed by atoms with van der Waals surface area (Å²) in [4.78, 5) is 20.6. The molecule has 4 rings (SSSR count). The summed E-state index contributed by atoms with van der Waals surface area (Å²) in [5.41, 5.74) is 5.81. The number of amides is 1. The molecule has 0 saturated heterocycles. The summed E-state index contributed by atoms with van der Waals surface area (Å²) in [5, 5.41) is 9.88. The van der Waals surface area contributed by atoms with Crippen LogP contribution >= 0.6 is 0 Å². The fourth-order valence-electron chi connectivity index (χ4n) is 6.50. The molecule has 3 N–H and O–H groups in total. The molecular formula is C24H41N3O2. The Balaban J connectivity index is 1.49. The molecule has 1 aliphatic heterocycles. The lowest BCUT2D eigenvalue weighted by Gasteiger charge is -2.36. The molecule has 1 atom stereocenters. The second kappa shape index (κ2) is 9.36. The fraction of sp³-hybridized carbons (Fsp3) is 0.917. The van der Waals surface area contributed by atoms with Crippen LogP contribution in [0.1, 0.15) is 109 Å². The van der Waals surface area contributed by atoms with E-state index in [1.807, 2.05) is 4.90 Å². The van der Waals surface area contributed by atoms with E-state index in [-0.39, 0.29) is 18.1 Å². The summed E-state index contributed by atoms with van der Waals surface area (Å²) >= 11 is 0. The predicted octanol–water partition coefficient (Wildman–Crippen LogP) is 4.52. The third-order valence-corrected chi connectivity index (χ3v) is 8.27. The van der Waals surface area contributed by atoms with Crippen LogP contribution in [0.5, 0.6) is 0 Å². The van der Waals surface area contributed by atoms with Gasteiger partial charge in [0.25, 0.3) is 5.91 Å². The Kier molecular flexibility index (Phi) is 6.83. The summed E-state index contributed by atoms with van der Waals surface area (Å²) in [7, 11) is 0. The lowest BCUT2D eigenvalue weighted by molar-refractivity contribution is -0.134. The zero-order valence-electron chi connectivity index (χ0n) is 18.2.